The summed E-state index contributed by atoms with van der Waals surface area (Å²) < 4.78 is 5.58. The second-order valence-electron chi connectivity index (χ2n) is 6.44. The summed E-state index contributed by atoms with van der Waals surface area (Å²) in [7, 11) is 0. The van der Waals surface area contributed by atoms with Crippen LogP contribution in [0.2, 0.25) is 0 Å². The van der Waals surface area contributed by atoms with Crippen LogP contribution < -0.4 is 4.74 Å². The van der Waals surface area contributed by atoms with Gasteiger partial charge in [0.1, 0.15) is 5.75 Å². The highest BCUT2D eigenvalue weighted by atomic mass is 16.5. The van der Waals surface area contributed by atoms with Crippen molar-refractivity contribution in [2.24, 2.45) is 0 Å². The number of pyridine rings is 1. The number of nitrogens with zero attached hydrogens (tertiary/aromatic N) is 1. The third-order valence-corrected chi connectivity index (χ3v) is 4.28. The number of ether oxygens (including phenoxy) is 1. The van der Waals surface area contributed by atoms with E-state index in [0.717, 1.165) is 24.5 Å². The highest BCUT2D eigenvalue weighted by molar-refractivity contribution is 5.59. The van der Waals surface area contributed by atoms with Gasteiger partial charge in [-0.1, -0.05) is 70.2 Å². The third kappa shape index (κ3) is 6.35. The zero-order valence-electron chi connectivity index (χ0n) is 15.3. The van der Waals surface area contributed by atoms with Gasteiger partial charge in [-0.25, -0.2) is 0 Å². The fraction of sp³-hybridized carbons (Fsp3) is 0.500. The van der Waals surface area contributed by atoms with Crippen LogP contribution >= 0.6 is 0 Å². The minimum Gasteiger partial charge on any atom is -0.492 e. The first-order chi connectivity index (χ1) is 11.8. The van der Waals surface area contributed by atoms with Crippen LogP contribution in [0, 0.1) is 0 Å². The Hall–Kier alpha value is -1.83. The summed E-state index contributed by atoms with van der Waals surface area (Å²) in [6.45, 7) is 5.12. The fourth-order valence-corrected chi connectivity index (χ4v) is 2.81. The first kappa shape index (κ1) is 18.5. The zero-order valence-corrected chi connectivity index (χ0v) is 15.3. The maximum Gasteiger partial charge on any atom is 0.137 e. The molecule has 0 fully saturated rings. The van der Waals surface area contributed by atoms with E-state index in [9.17, 15) is 0 Å². The molecule has 0 atom stereocenters. The van der Waals surface area contributed by atoms with Gasteiger partial charge < -0.3 is 4.74 Å². The molecule has 2 nitrogen and oxygen atoms in total. The number of aryl methyl sites for hydroxylation is 1. The SMILES string of the molecule is CCCCCCCCc1ccc(-c2ccc(OCCC)cn2)cc1. The second-order valence-corrected chi connectivity index (χ2v) is 6.44. The van der Waals surface area contributed by atoms with Crippen LogP contribution in [0.1, 0.15) is 64.4 Å². The first-order valence-electron chi connectivity index (χ1n) is 9.51. The van der Waals surface area contributed by atoms with Gasteiger partial charge in [-0.15, -0.1) is 0 Å². The summed E-state index contributed by atoms with van der Waals surface area (Å²) in [6, 6.07) is 12.9. The van der Waals surface area contributed by atoms with Crippen molar-refractivity contribution in [1.29, 1.82) is 0 Å². The number of unbranched alkanes of at least 4 members (excludes halogenated alkanes) is 5. The van der Waals surface area contributed by atoms with E-state index < -0.39 is 0 Å². The molecular weight excluding hydrogens is 294 g/mol. The summed E-state index contributed by atoms with van der Waals surface area (Å²) in [5, 5.41) is 0. The summed E-state index contributed by atoms with van der Waals surface area (Å²) >= 11 is 0. The number of benzene rings is 1. The normalized spacial score (nSPS) is 10.8. The third-order valence-electron chi connectivity index (χ3n) is 4.28. The van der Waals surface area contributed by atoms with Crippen LogP contribution in [0.25, 0.3) is 11.3 Å². The lowest BCUT2D eigenvalue weighted by Gasteiger charge is -2.07. The molecule has 0 radical (unpaired) electrons. The first-order valence-corrected chi connectivity index (χ1v) is 9.51. The van der Waals surface area contributed by atoms with Crippen molar-refractivity contribution in [3.8, 4) is 17.0 Å². The molecule has 0 amide bonds. The Morgan fingerprint density at radius 2 is 1.54 bits per heavy atom. The number of hydrogen-bond acceptors (Lipinski definition) is 2. The molecule has 1 heterocycles. The van der Waals surface area contributed by atoms with E-state index in [0.29, 0.717) is 0 Å². The molecule has 1 aromatic carbocycles. The maximum atomic E-state index is 5.58. The highest BCUT2D eigenvalue weighted by Crippen LogP contribution is 2.21. The van der Waals surface area contributed by atoms with Crippen LogP contribution in [0.3, 0.4) is 0 Å². The Morgan fingerprint density at radius 1 is 0.792 bits per heavy atom. The minimum atomic E-state index is 0.744. The average molecular weight is 325 g/mol. The zero-order chi connectivity index (χ0) is 17.0. The van der Waals surface area contributed by atoms with Crippen molar-refractivity contribution >= 4 is 0 Å². The smallest absolute Gasteiger partial charge is 0.137 e. The molecule has 0 saturated heterocycles. The molecule has 24 heavy (non-hydrogen) atoms. The van der Waals surface area contributed by atoms with Crippen LogP contribution in [0.15, 0.2) is 42.6 Å². The quantitative estimate of drug-likeness (QED) is 0.443. The van der Waals surface area contributed by atoms with E-state index in [1.54, 1.807) is 0 Å². The molecule has 0 N–H and O–H groups in total. The van der Waals surface area contributed by atoms with Crippen LogP contribution in [-0.2, 0) is 6.42 Å². The summed E-state index contributed by atoms with van der Waals surface area (Å²) in [5.41, 5.74) is 3.60. The van der Waals surface area contributed by atoms with Crippen molar-refractivity contribution in [3.05, 3.63) is 48.2 Å². The van der Waals surface area contributed by atoms with Gasteiger partial charge in [0.25, 0.3) is 0 Å². The Labute approximate surface area is 147 Å². The molecule has 2 rings (SSSR count). The molecule has 0 bridgehead atoms. The summed E-state index contributed by atoms with van der Waals surface area (Å²) in [6.07, 6.45) is 12.1. The lowest BCUT2D eigenvalue weighted by Crippen LogP contribution is -1.95. The van der Waals surface area contributed by atoms with Crippen LogP contribution in [0.5, 0.6) is 5.75 Å². The van der Waals surface area contributed by atoms with Crippen molar-refractivity contribution in [1.82, 2.24) is 4.98 Å². The molecule has 130 valence electrons. The Kier molecular flexibility index (Phi) is 8.37. The van der Waals surface area contributed by atoms with Gasteiger partial charge in [0.2, 0.25) is 0 Å². The van der Waals surface area contributed by atoms with Gasteiger partial charge in [-0.2, -0.15) is 0 Å². The second kappa shape index (κ2) is 10.9. The fourth-order valence-electron chi connectivity index (χ4n) is 2.81. The van der Waals surface area contributed by atoms with Gasteiger partial charge in [0, 0.05) is 5.56 Å². The van der Waals surface area contributed by atoms with Crippen molar-refractivity contribution < 1.29 is 4.74 Å². The van der Waals surface area contributed by atoms with Crippen molar-refractivity contribution in [2.45, 2.75) is 65.2 Å². The van der Waals surface area contributed by atoms with E-state index in [-0.39, 0.29) is 0 Å². The van der Waals surface area contributed by atoms with Gasteiger partial charge in [-0.3, -0.25) is 4.98 Å². The molecule has 0 spiro atoms. The molecule has 0 saturated carbocycles. The molecule has 2 heteroatoms. The predicted molar refractivity (Wildman–Crippen MR) is 103 cm³/mol. The summed E-state index contributed by atoms with van der Waals surface area (Å²) in [4.78, 5) is 4.51. The number of hydrogen-bond donors (Lipinski definition) is 0. The Bertz CT molecular complexity index is 560. The number of aromatic nitrogens is 1. The minimum absolute atomic E-state index is 0.744. The lowest BCUT2D eigenvalue weighted by molar-refractivity contribution is 0.316. The molecular formula is C22H31NO. The van der Waals surface area contributed by atoms with Gasteiger partial charge in [0.05, 0.1) is 18.5 Å². The van der Waals surface area contributed by atoms with E-state index in [1.165, 1.54) is 56.1 Å². The monoisotopic (exact) mass is 325 g/mol. The molecule has 0 aliphatic heterocycles. The average Bonchev–Trinajstić information content (AvgIpc) is 2.64. The topological polar surface area (TPSA) is 22.1 Å². The van der Waals surface area contributed by atoms with Gasteiger partial charge >= 0.3 is 0 Å². The largest absolute Gasteiger partial charge is 0.492 e. The maximum absolute atomic E-state index is 5.58. The highest BCUT2D eigenvalue weighted by Gasteiger charge is 2.01. The predicted octanol–water partition coefficient (Wildman–Crippen LogP) is 6.44. The summed E-state index contributed by atoms with van der Waals surface area (Å²) in [5.74, 6) is 0.847. The standard InChI is InChI=1S/C22H31NO/c1-3-5-6-7-8-9-10-19-11-13-20(14-12-19)22-16-15-21(18-23-22)24-17-4-2/h11-16,18H,3-10,17H2,1-2H3. The van der Waals surface area contributed by atoms with Crippen molar-refractivity contribution in [3.63, 3.8) is 0 Å². The van der Waals surface area contributed by atoms with Crippen molar-refractivity contribution in [2.75, 3.05) is 6.61 Å². The van der Waals surface area contributed by atoms with E-state index in [4.69, 9.17) is 4.74 Å². The van der Waals surface area contributed by atoms with E-state index in [2.05, 4.69) is 43.1 Å². The van der Waals surface area contributed by atoms with Gasteiger partial charge in [0.15, 0.2) is 0 Å². The number of rotatable bonds is 11. The Morgan fingerprint density at radius 3 is 2.21 bits per heavy atom. The van der Waals surface area contributed by atoms with Crippen LogP contribution in [0.4, 0.5) is 0 Å². The van der Waals surface area contributed by atoms with E-state index >= 15 is 0 Å². The molecule has 0 aliphatic rings. The molecule has 0 unspecified atom stereocenters. The Balaban J connectivity index is 1.80. The molecule has 2 aromatic rings. The molecule has 1 aromatic heterocycles. The lowest BCUT2D eigenvalue weighted by atomic mass is 10.0. The van der Waals surface area contributed by atoms with Gasteiger partial charge in [-0.05, 0) is 37.0 Å². The van der Waals surface area contributed by atoms with E-state index in [1.807, 2.05) is 18.3 Å². The molecule has 0 aliphatic carbocycles. The van der Waals surface area contributed by atoms with Crippen LogP contribution in [-0.4, -0.2) is 11.6 Å².